The number of anilines is 3. The lowest BCUT2D eigenvalue weighted by Gasteiger charge is -2.20. The molecule has 0 unspecified atom stereocenters. The van der Waals surface area contributed by atoms with Gasteiger partial charge in [0.1, 0.15) is 17.4 Å². The van der Waals surface area contributed by atoms with Gasteiger partial charge in [0.05, 0.1) is 0 Å². The average molecular weight is 511 g/mol. The van der Waals surface area contributed by atoms with Gasteiger partial charge in [0.25, 0.3) is 10.9 Å². The van der Waals surface area contributed by atoms with Gasteiger partial charge in [-0.15, -0.1) is 0 Å². The monoisotopic (exact) mass is 509 g/mol. The van der Waals surface area contributed by atoms with Crippen molar-refractivity contribution in [3.63, 3.8) is 0 Å². The summed E-state index contributed by atoms with van der Waals surface area (Å²) in [6.07, 6.45) is 0.883. The fraction of sp³-hybridized carbons (Fsp3) is 0.261. The van der Waals surface area contributed by atoms with E-state index in [1.165, 1.54) is 0 Å². The second-order valence-electron chi connectivity index (χ2n) is 7.47. The number of carboxylic acid groups (broad SMARTS) is 1. The third-order valence-electron chi connectivity index (χ3n) is 5.05. The number of halogens is 3. The van der Waals surface area contributed by atoms with Crippen molar-refractivity contribution < 1.29 is 9.90 Å². The van der Waals surface area contributed by atoms with Crippen LogP contribution in [-0.2, 0) is 17.8 Å². The minimum absolute atomic E-state index is 0.0239. The summed E-state index contributed by atoms with van der Waals surface area (Å²) in [6.45, 7) is 2.81. The van der Waals surface area contributed by atoms with Crippen molar-refractivity contribution in [3.05, 3.63) is 83.0 Å². The van der Waals surface area contributed by atoms with Crippen molar-refractivity contribution in [1.82, 2.24) is 0 Å². The van der Waals surface area contributed by atoms with Gasteiger partial charge >= 0.3 is 5.97 Å². The lowest BCUT2D eigenvalue weighted by Crippen LogP contribution is -2.42. The molecule has 0 bridgehead atoms. The lowest BCUT2D eigenvalue weighted by atomic mass is 10.0. The molecule has 0 aliphatic rings. The predicted octanol–water partition coefficient (Wildman–Crippen LogP) is 4.78. The molecule has 0 radical (unpaired) electrons. The average Bonchev–Trinajstić information content (AvgIpc) is 2.77. The molecule has 0 fully saturated rings. The molecule has 3 aromatic carbocycles. The molecular weight excluding hydrogens is 489 g/mol. The van der Waals surface area contributed by atoms with Crippen LogP contribution in [-0.4, -0.2) is 23.7 Å². The van der Waals surface area contributed by atoms with Crippen molar-refractivity contribution >= 4 is 57.8 Å². The van der Waals surface area contributed by atoms with Crippen LogP contribution in [0.15, 0.2) is 46.0 Å². The Morgan fingerprint density at radius 3 is 2.15 bits per heavy atom. The zero-order chi connectivity index (χ0) is 24.1. The molecule has 0 amide bonds. The van der Waals surface area contributed by atoms with Crippen molar-refractivity contribution in [2.24, 2.45) is 0 Å². The van der Waals surface area contributed by atoms with Gasteiger partial charge in [0.2, 0.25) is 0 Å². The van der Waals surface area contributed by atoms with Gasteiger partial charge in [-0.1, -0.05) is 53.9 Å². The van der Waals surface area contributed by atoms with Gasteiger partial charge in [0, 0.05) is 45.8 Å². The highest BCUT2D eigenvalue weighted by molar-refractivity contribution is 6.39. The molecule has 0 aromatic heterocycles. The maximum Gasteiger partial charge on any atom is 0.326 e. The maximum absolute atomic E-state index is 11.9. The number of benzene rings is 2. The second-order valence-corrected chi connectivity index (χ2v) is 8.72. The second kappa shape index (κ2) is 10.9. The highest BCUT2D eigenvalue weighted by Gasteiger charge is 2.26. The summed E-state index contributed by atoms with van der Waals surface area (Å²) in [7, 11) is 0. The zero-order valence-electron chi connectivity index (χ0n) is 17.7. The number of carbonyl (C=O) groups is 1. The Morgan fingerprint density at radius 1 is 0.970 bits per heavy atom. The van der Waals surface area contributed by atoms with Crippen molar-refractivity contribution in [2.45, 2.75) is 32.4 Å². The van der Waals surface area contributed by atoms with Crippen LogP contribution in [0.4, 0.5) is 17.1 Å². The van der Waals surface area contributed by atoms with Crippen LogP contribution >= 0.6 is 34.8 Å². The minimum atomic E-state index is -1.13. The van der Waals surface area contributed by atoms with Gasteiger partial charge < -0.3 is 21.1 Å². The van der Waals surface area contributed by atoms with E-state index in [1.54, 1.807) is 36.4 Å². The Hall–Kier alpha value is -2.74. The first-order valence-electron chi connectivity index (χ1n) is 10.2. The Labute approximate surface area is 205 Å². The van der Waals surface area contributed by atoms with Gasteiger partial charge in [-0.2, -0.15) is 0 Å². The summed E-state index contributed by atoms with van der Waals surface area (Å²) in [5.41, 5.74) is 1.06. The first-order valence-corrected chi connectivity index (χ1v) is 11.4. The van der Waals surface area contributed by atoms with Crippen LogP contribution in [0.1, 0.15) is 24.5 Å². The van der Waals surface area contributed by atoms with Crippen LogP contribution < -0.4 is 26.8 Å². The number of rotatable bonds is 11. The SMILES string of the molecule is CCCNc1c(N[C@@H](Cc2ccc(NCc3c(Cl)cc(Cl)cc3Cl)cc2)C(=O)O)c(=O)c1=O. The fourth-order valence-electron chi connectivity index (χ4n) is 3.25. The molecule has 33 heavy (non-hydrogen) atoms. The van der Waals surface area contributed by atoms with E-state index in [2.05, 4.69) is 16.0 Å². The molecule has 0 aliphatic carbocycles. The van der Waals surface area contributed by atoms with Crippen molar-refractivity contribution in [2.75, 3.05) is 22.5 Å². The smallest absolute Gasteiger partial charge is 0.326 e. The van der Waals surface area contributed by atoms with Crippen molar-refractivity contribution in [1.29, 1.82) is 0 Å². The molecule has 4 N–H and O–H groups in total. The maximum atomic E-state index is 11.9. The van der Waals surface area contributed by atoms with E-state index in [0.717, 1.165) is 17.7 Å². The topological polar surface area (TPSA) is 108 Å². The fourth-order valence-corrected chi connectivity index (χ4v) is 4.20. The number of aliphatic carboxylic acids is 1. The van der Waals surface area contributed by atoms with E-state index >= 15 is 0 Å². The molecular formula is C23H22Cl3N3O4. The van der Waals surface area contributed by atoms with Gasteiger partial charge in [-0.3, -0.25) is 9.59 Å². The van der Waals surface area contributed by atoms with Crippen LogP contribution in [0.25, 0.3) is 0 Å². The van der Waals surface area contributed by atoms with Gasteiger partial charge in [0.15, 0.2) is 0 Å². The van der Waals surface area contributed by atoms with Crippen LogP contribution in [0.2, 0.25) is 15.1 Å². The Kier molecular flexibility index (Phi) is 8.24. The molecule has 3 rings (SSSR count). The van der Waals surface area contributed by atoms with E-state index in [-0.39, 0.29) is 17.8 Å². The third kappa shape index (κ3) is 5.99. The summed E-state index contributed by atoms with van der Waals surface area (Å²) < 4.78 is 0. The molecule has 0 aliphatic heterocycles. The van der Waals surface area contributed by atoms with Gasteiger partial charge in [-0.05, 0) is 36.2 Å². The first kappa shape index (κ1) is 24.9. The largest absolute Gasteiger partial charge is 0.480 e. The van der Waals surface area contributed by atoms with E-state index in [9.17, 15) is 19.5 Å². The van der Waals surface area contributed by atoms with Crippen LogP contribution in [0, 0.1) is 0 Å². The number of hydrogen-bond acceptors (Lipinski definition) is 6. The van der Waals surface area contributed by atoms with E-state index in [1.807, 2.05) is 6.92 Å². The van der Waals surface area contributed by atoms with Crippen LogP contribution in [0.5, 0.6) is 0 Å². The summed E-state index contributed by atoms with van der Waals surface area (Å²) in [6, 6.07) is 9.34. The summed E-state index contributed by atoms with van der Waals surface area (Å²) in [5, 5.41) is 19.8. The summed E-state index contributed by atoms with van der Waals surface area (Å²) >= 11 is 18.3. The molecule has 0 saturated carbocycles. The molecule has 0 spiro atoms. The molecule has 174 valence electrons. The Balaban J connectivity index is 1.65. The quantitative estimate of drug-likeness (QED) is 0.275. The predicted molar refractivity (Wildman–Crippen MR) is 134 cm³/mol. The standard InChI is InChI=1S/C23H22Cl3N3O4/c1-2-7-27-19-20(22(31)21(19)30)29-18(23(32)33)8-12-3-5-14(6-4-12)28-11-15-16(25)9-13(24)10-17(15)26/h3-6,9-10,18,27-29H,2,7-8,11H2,1H3,(H,32,33)/t18-/m0/s1. The van der Waals surface area contributed by atoms with E-state index < -0.39 is 22.9 Å². The van der Waals surface area contributed by atoms with Gasteiger partial charge in [-0.25, -0.2) is 4.79 Å². The molecule has 0 saturated heterocycles. The normalized spacial score (nSPS) is 11.9. The lowest BCUT2D eigenvalue weighted by molar-refractivity contribution is -0.137. The zero-order valence-corrected chi connectivity index (χ0v) is 19.9. The molecule has 10 heteroatoms. The van der Waals surface area contributed by atoms with Crippen molar-refractivity contribution in [3.8, 4) is 0 Å². The van der Waals surface area contributed by atoms with E-state index in [0.29, 0.717) is 33.7 Å². The number of nitrogens with one attached hydrogen (secondary N) is 3. The molecule has 0 heterocycles. The first-order chi connectivity index (χ1) is 15.7. The number of hydrogen-bond donors (Lipinski definition) is 4. The Morgan fingerprint density at radius 2 is 1.58 bits per heavy atom. The summed E-state index contributed by atoms with van der Waals surface area (Å²) in [4.78, 5) is 35.4. The highest BCUT2D eigenvalue weighted by atomic mass is 35.5. The summed E-state index contributed by atoms with van der Waals surface area (Å²) in [5.74, 6) is -1.13. The van der Waals surface area contributed by atoms with E-state index in [4.69, 9.17) is 34.8 Å². The van der Waals surface area contributed by atoms with Crippen LogP contribution in [0.3, 0.4) is 0 Å². The molecule has 7 nitrogen and oxygen atoms in total. The molecule has 1 atom stereocenters. The third-order valence-corrected chi connectivity index (χ3v) is 5.94. The Bertz CT molecular complexity index is 1200. The molecule has 3 aromatic rings. The minimum Gasteiger partial charge on any atom is -0.480 e. The number of carboxylic acids is 1. The highest BCUT2D eigenvalue weighted by Crippen LogP contribution is 2.29.